The Morgan fingerprint density at radius 3 is 0.993 bits per heavy atom. The number of aromatic nitrogens is 8. The number of nitrogens with zero attached hydrogens (tertiary/aromatic N) is 18. The van der Waals surface area contributed by atoms with Gasteiger partial charge in [-0.25, -0.2) is 42.5 Å². The van der Waals surface area contributed by atoms with E-state index < -0.39 is 11.8 Å². The van der Waals surface area contributed by atoms with Crippen molar-refractivity contribution in [3.63, 3.8) is 0 Å². The van der Waals surface area contributed by atoms with Crippen LogP contribution in [0, 0.1) is 0 Å². The summed E-state index contributed by atoms with van der Waals surface area (Å²) in [5.41, 5.74) is 21.7. The van der Waals surface area contributed by atoms with E-state index in [0.29, 0.717) is 93.9 Å². The van der Waals surface area contributed by atoms with Crippen molar-refractivity contribution in [2.75, 3.05) is 90.5 Å². The van der Waals surface area contributed by atoms with E-state index in [2.05, 4.69) is 163 Å². The summed E-state index contributed by atoms with van der Waals surface area (Å²) in [7, 11) is 1.78. The average Bonchev–Trinajstić information content (AvgIpc) is 1.53. The lowest BCUT2D eigenvalue weighted by atomic mass is 10.00. The number of methoxy groups -OCH3 is 1. The number of alkyl halides is 4. The molecule has 5 aliphatic carbocycles. The van der Waals surface area contributed by atoms with E-state index in [0.717, 1.165) is 265 Å². The van der Waals surface area contributed by atoms with Crippen LogP contribution in [-0.4, -0.2) is 194 Å². The van der Waals surface area contributed by atoms with E-state index in [9.17, 15) is 22.7 Å². The zero-order valence-corrected chi connectivity index (χ0v) is 75.4. The maximum Gasteiger partial charge on any atom is 0.266 e. The quantitative estimate of drug-likeness (QED) is 0.0619. The van der Waals surface area contributed by atoms with E-state index in [-0.39, 0.29) is 32.0 Å². The fraction of sp³-hybridized carbons (Fsp3) is 0.410. The van der Waals surface area contributed by atoms with Gasteiger partial charge in [0.1, 0.15) is 63.7 Å². The van der Waals surface area contributed by atoms with Crippen molar-refractivity contribution in [3.05, 3.63) is 278 Å². The Morgan fingerprint density at radius 2 is 0.679 bits per heavy atom. The highest BCUT2D eigenvalue weighted by Crippen LogP contribution is 2.41. The summed E-state index contributed by atoms with van der Waals surface area (Å²) in [5.74, 6) is 5.42. The van der Waals surface area contributed by atoms with Crippen LogP contribution in [0.15, 0.2) is 208 Å². The SMILES string of the molecule is CCc1nnc2n1CCN(c1cc(C3=NCc4ccc(OC5CC5)cc43)ccn1)C2.CO[C@H]1CCN(c2cc(C3=NCc4ccc(OC5CC5)cc43)ccn2)C1.FC1(F)CCCN(c2cc(C3=NCc4ccc(OC5CC5)cc43)ccn2)C1.FC1(F)CCN(c2cc(C3=NCc4ccc(OC5CC5)cc43)ccn2)C1.O[C@H]1CCN(c2cc(C3=NCc4ccc(OC5CC5)cc43)ccn2)C1. The number of fused-ring (bicyclic) bond motifs is 6. The molecule has 15 aliphatic rings. The molecule has 11 aromatic rings. The molecule has 4 saturated heterocycles. The van der Waals surface area contributed by atoms with Crippen molar-refractivity contribution in [1.29, 1.82) is 0 Å². The number of rotatable bonds is 22. The Bertz CT molecular complexity index is 6420. The molecule has 0 unspecified atom stereocenters. The van der Waals surface area contributed by atoms with Gasteiger partial charge < -0.3 is 62.6 Å². The zero-order chi connectivity index (χ0) is 90.5. The number of aryl methyl sites for hydroxylation is 1. The van der Waals surface area contributed by atoms with Crippen LogP contribution in [0.4, 0.5) is 46.7 Å². The fourth-order valence-corrected chi connectivity index (χ4v) is 18.8. The molecule has 29 heteroatoms. The molecule has 16 heterocycles. The maximum atomic E-state index is 13.8. The van der Waals surface area contributed by atoms with Gasteiger partial charge in [-0.3, -0.25) is 25.0 Å². The molecule has 0 amide bonds. The number of halogens is 4. The highest BCUT2D eigenvalue weighted by Gasteiger charge is 2.41. The van der Waals surface area contributed by atoms with Gasteiger partial charge in [0, 0.05) is 165 Å². The number of hydrogen-bond acceptors (Lipinski definition) is 24. The molecular formula is C105H108F4N18O7. The van der Waals surface area contributed by atoms with Gasteiger partial charge in [0.15, 0.2) is 5.82 Å². The van der Waals surface area contributed by atoms with Gasteiger partial charge in [0.2, 0.25) is 0 Å². The predicted molar refractivity (Wildman–Crippen MR) is 507 cm³/mol. The number of anilines is 5. The van der Waals surface area contributed by atoms with Crippen LogP contribution in [0.25, 0.3) is 0 Å². The molecule has 0 radical (unpaired) electrons. The number of piperidine rings is 1. The molecule has 5 saturated carbocycles. The first-order chi connectivity index (χ1) is 65.5. The van der Waals surface area contributed by atoms with E-state index in [1.54, 1.807) is 29.3 Å². The standard InChI is InChI=1S/C23H24N6O.C21H21F2N3O.C21H23N3O2.C20H19F2N3O.C20H21N3O2/c1-2-20-26-27-22-14-28(9-10-29(20)22)21-11-15(7-8-24-21)23-19-12-18(30-17-5-6-17)4-3-16(19)13-25-23;22-21(23)7-1-9-26(13-21)19-10-14(6-8-24-19)20-18-11-17(27-16-4-5-16)3-2-15(18)12-25-20;1-25-18-7-9-24(13-18)20-10-14(6-8-22-20)21-19-11-17(26-16-4-5-16)3-2-15(19)12-23-21;21-20(22)6-8-25(12-20)18-9-13(5-7-23-18)19-17-10-16(26-15-3-4-15)2-1-14(17)11-24-19;24-15-6-8-23(12-15)19-9-13(5-7-21-19)20-18-10-17(25-16-3-4-16)2-1-14(18)11-22-20/h3-4,7-8,11-12,17H,2,5-6,9-10,13-14H2,1H3;2-3,6,8,10-11,16H,1,4-5,7,9,12-13H2;2-3,6,8,10-11,16,18H,4-5,7,9,12-13H2,1H3;1-2,5,7,9-10,15H,3-4,6,8,11-12H2;1-2,5,7,9-10,15-16,24H,3-4,6,8,11-12H2/t;;18-;;15-/m..0.0/s1. The number of benzene rings is 5. The topological polar surface area (TPSA) is 249 Å². The number of aliphatic imine (C=N–C) groups is 5. The van der Waals surface area contributed by atoms with Gasteiger partial charge in [-0.2, -0.15) is 0 Å². The molecule has 10 aliphatic heterocycles. The Labute approximate surface area is 776 Å². The molecule has 9 fully saturated rings. The Morgan fingerprint density at radius 1 is 0.343 bits per heavy atom. The first-order valence-electron chi connectivity index (χ1n) is 47.7. The predicted octanol–water partition coefficient (Wildman–Crippen LogP) is 16.9. The molecule has 134 heavy (non-hydrogen) atoms. The molecule has 688 valence electrons. The lowest BCUT2D eigenvalue weighted by Gasteiger charge is -2.33. The minimum absolute atomic E-state index is 0.0486. The van der Waals surface area contributed by atoms with Gasteiger partial charge in [0.05, 0.1) is 124 Å². The number of ether oxygens (including phenoxy) is 6. The van der Waals surface area contributed by atoms with Gasteiger partial charge in [-0.1, -0.05) is 37.3 Å². The lowest BCUT2D eigenvalue weighted by Crippen LogP contribution is -2.43. The van der Waals surface area contributed by atoms with Crippen LogP contribution in [0.5, 0.6) is 28.7 Å². The Kier molecular flexibility index (Phi) is 23.9. The van der Waals surface area contributed by atoms with Crippen molar-refractivity contribution in [3.8, 4) is 28.7 Å². The molecule has 0 bridgehead atoms. The normalized spacial score (nSPS) is 20.5. The second-order valence-electron chi connectivity index (χ2n) is 37.4. The van der Waals surface area contributed by atoms with Crippen LogP contribution < -0.4 is 48.2 Å². The minimum atomic E-state index is -2.65. The lowest BCUT2D eigenvalue weighted by molar-refractivity contribution is -0.0118. The van der Waals surface area contributed by atoms with Gasteiger partial charge in [-0.05, 0) is 233 Å². The van der Waals surface area contributed by atoms with Crippen molar-refractivity contribution < 1.29 is 51.1 Å². The first kappa shape index (κ1) is 86.4. The van der Waals surface area contributed by atoms with Gasteiger partial charge in [0.25, 0.3) is 11.8 Å². The summed E-state index contributed by atoms with van der Waals surface area (Å²) in [5, 5.41) is 18.5. The summed E-state index contributed by atoms with van der Waals surface area (Å²) < 4.78 is 92.1. The van der Waals surface area contributed by atoms with Gasteiger partial charge in [-0.15, -0.1) is 10.2 Å². The third kappa shape index (κ3) is 19.8. The fourth-order valence-electron chi connectivity index (χ4n) is 18.8. The molecule has 0 spiro atoms. The van der Waals surface area contributed by atoms with Crippen LogP contribution in [0.1, 0.15) is 198 Å². The maximum absolute atomic E-state index is 13.8. The third-order valence-electron chi connectivity index (χ3n) is 26.9. The smallest absolute Gasteiger partial charge is 0.266 e. The molecule has 2 atom stereocenters. The van der Waals surface area contributed by atoms with Crippen molar-refractivity contribution >= 4 is 57.6 Å². The first-order valence-corrected chi connectivity index (χ1v) is 47.7. The number of hydrogen-bond donors (Lipinski definition) is 1. The molecule has 25 nitrogen and oxygen atoms in total. The summed E-state index contributed by atoms with van der Waals surface area (Å²) >= 11 is 0. The van der Waals surface area contributed by atoms with Crippen LogP contribution >= 0.6 is 0 Å². The second-order valence-corrected chi connectivity index (χ2v) is 37.4. The monoisotopic (exact) mass is 1810 g/mol. The summed E-state index contributed by atoms with van der Waals surface area (Å²) in [6.07, 6.45) is 25.4. The summed E-state index contributed by atoms with van der Waals surface area (Å²) in [6.45, 7) is 11.8. The summed E-state index contributed by atoms with van der Waals surface area (Å²) in [6, 6.07) is 51.3. The molecule has 1 N–H and O–H groups in total. The van der Waals surface area contributed by atoms with E-state index in [1.165, 1.54) is 40.7 Å². The molecular weight excluding hydrogens is 1700 g/mol. The van der Waals surface area contributed by atoms with E-state index >= 15 is 0 Å². The number of aliphatic hydroxyl groups is 1. The van der Waals surface area contributed by atoms with E-state index in [1.807, 2.05) is 73.2 Å². The second kappa shape index (κ2) is 37.1. The minimum Gasteiger partial charge on any atom is -0.490 e. The Hall–Kier alpha value is -13.0. The largest absolute Gasteiger partial charge is 0.490 e. The molecule has 26 rings (SSSR count). The third-order valence-corrected chi connectivity index (χ3v) is 26.9. The van der Waals surface area contributed by atoms with Gasteiger partial charge >= 0.3 is 0 Å². The zero-order valence-electron chi connectivity index (χ0n) is 75.4. The number of aliphatic hydroxyl groups excluding tert-OH is 1. The van der Waals surface area contributed by atoms with Crippen LogP contribution in [-0.2, 0) is 57.0 Å². The van der Waals surface area contributed by atoms with Crippen molar-refractivity contribution in [2.45, 2.75) is 210 Å². The highest BCUT2D eigenvalue weighted by molar-refractivity contribution is 6.18. The summed E-state index contributed by atoms with van der Waals surface area (Å²) in [4.78, 5) is 56.1. The van der Waals surface area contributed by atoms with Crippen LogP contribution in [0.3, 0.4) is 0 Å². The number of β-amino-alcohol motifs (C(OH)–C–C–N with tert-alkyl or cyclic N) is 1. The molecule has 6 aromatic heterocycles. The average molecular weight is 1810 g/mol. The van der Waals surface area contributed by atoms with Crippen LogP contribution in [0.2, 0.25) is 0 Å². The van der Waals surface area contributed by atoms with Crippen molar-refractivity contribution in [1.82, 2.24) is 39.7 Å². The number of pyridine rings is 5. The molecule has 5 aromatic carbocycles. The van der Waals surface area contributed by atoms with Crippen molar-refractivity contribution in [2.24, 2.45) is 25.0 Å². The van der Waals surface area contributed by atoms with E-state index in [4.69, 9.17) is 48.4 Å². The highest BCUT2D eigenvalue weighted by atomic mass is 19.3. The Balaban J connectivity index is 0.0000000976.